The van der Waals surface area contributed by atoms with Gasteiger partial charge in [0.05, 0.1) is 17.5 Å². The zero-order chi connectivity index (χ0) is 26.0. The van der Waals surface area contributed by atoms with E-state index in [1.54, 1.807) is 43.3 Å². The summed E-state index contributed by atoms with van der Waals surface area (Å²) in [4.78, 5) is 41.8. The van der Waals surface area contributed by atoms with Crippen LogP contribution in [0.15, 0.2) is 103 Å². The van der Waals surface area contributed by atoms with Gasteiger partial charge in [0.25, 0.3) is 0 Å². The Bertz CT molecular complexity index is 1480. The molecule has 1 saturated heterocycles. The van der Waals surface area contributed by atoms with Crippen LogP contribution in [-0.2, 0) is 9.59 Å². The van der Waals surface area contributed by atoms with Crippen molar-refractivity contribution < 1.29 is 19.1 Å². The first-order chi connectivity index (χ1) is 18.5. The molecule has 0 spiro atoms. The monoisotopic (exact) mass is 499 g/mol. The summed E-state index contributed by atoms with van der Waals surface area (Å²) in [5.74, 6) is -1.02. The molecule has 2 bridgehead atoms. The van der Waals surface area contributed by atoms with E-state index in [0.29, 0.717) is 17.0 Å². The van der Waals surface area contributed by atoms with Crippen LogP contribution in [0, 0.1) is 11.8 Å². The molecule has 4 aromatic rings. The molecular weight excluding hydrogens is 474 g/mol. The topological polar surface area (TPSA) is 63.7 Å². The van der Waals surface area contributed by atoms with Gasteiger partial charge in [-0.1, -0.05) is 78.9 Å². The van der Waals surface area contributed by atoms with E-state index in [2.05, 4.69) is 24.3 Å². The van der Waals surface area contributed by atoms with E-state index < -0.39 is 17.9 Å². The molecule has 5 heteroatoms. The van der Waals surface area contributed by atoms with Crippen molar-refractivity contribution in [2.45, 2.75) is 24.9 Å². The second-order valence-electron chi connectivity index (χ2n) is 10.3. The van der Waals surface area contributed by atoms with Gasteiger partial charge in [-0.2, -0.15) is 0 Å². The Kier molecular flexibility index (Phi) is 5.08. The third-order valence-electron chi connectivity index (χ3n) is 8.28. The highest BCUT2D eigenvalue weighted by molar-refractivity contribution is 6.23. The summed E-state index contributed by atoms with van der Waals surface area (Å²) in [6.07, 6.45) is -0.672. The fourth-order valence-electron chi connectivity index (χ4n) is 6.70. The maximum absolute atomic E-state index is 13.9. The van der Waals surface area contributed by atoms with Gasteiger partial charge in [-0.05, 0) is 53.4 Å². The van der Waals surface area contributed by atoms with Gasteiger partial charge in [0, 0.05) is 17.4 Å². The van der Waals surface area contributed by atoms with Crippen molar-refractivity contribution in [3.05, 3.63) is 131 Å². The second kappa shape index (κ2) is 8.52. The number of ketones is 1. The highest BCUT2D eigenvalue weighted by Crippen LogP contribution is 2.61. The number of carbonyl (C=O) groups is 3. The van der Waals surface area contributed by atoms with Crippen molar-refractivity contribution in [1.82, 2.24) is 0 Å². The Morgan fingerprint density at radius 2 is 1.11 bits per heavy atom. The molecule has 0 aromatic heterocycles. The second-order valence-corrected chi connectivity index (χ2v) is 10.3. The van der Waals surface area contributed by atoms with Gasteiger partial charge in [-0.25, -0.2) is 4.90 Å². The summed E-state index contributed by atoms with van der Waals surface area (Å²) < 4.78 is 5.89. The van der Waals surface area contributed by atoms with E-state index in [0.717, 1.165) is 22.3 Å². The van der Waals surface area contributed by atoms with Crippen molar-refractivity contribution >= 4 is 23.3 Å². The van der Waals surface area contributed by atoms with Crippen molar-refractivity contribution in [2.75, 3.05) is 4.90 Å². The molecule has 4 aliphatic rings. The van der Waals surface area contributed by atoms with Gasteiger partial charge in [0.2, 0.25) is 17.6 Å². The number of nitrogens with zero attached hydrogens (tertiary/aromatic N) is 1. The minimum absolute atomic E-state index is 0.113. The molecule has 4 aromatic carbocycles. The number of Topliss-reactive ketones (excluding diaryl/α,β-unsaturated/α-hetero) is 1. The molecule has 0 N–H and O–H groups in total. The number of amides is 2. The van der Waals surface area contributed by atoms with Crippen molar-refractivity contribution in [2.24, 2.45) is 11.8 Å². The van der Waals surface area contributed by atoms with Crippen molar-refractivity contribution in [3.8, 4) is 5.75 Å². The van der Waals surface area contributed by atoms with Crippen LogP contribution in [0.25, 0.3) is 0 Å². The van der Waals surface area contributed by atoms with E-state index >= 15 is 0 Å². The van der Waals surface area contributed by atoms with Gasteiger partial charge >= 0.3 is 0 Å². The normalized spacial score (nSPS) is 23.4. The van der Waals surface area contributed by atoms with Crippen LogP contribution in [0.4, 0.5) is 5.69 Å². The standard InChI is InChI=1S/C33H25NO4/c1-19(31(35)20-9-3-2-4-10-20)38-22-17-15-21(16-18-22)34-32(36)29-27-23-11-5-6-12-24(23)28(30(29)33(34)37)26-14-8-7-13-25(26)27/h2-19,27-30H,1H3/t19-,27?,28?,29-,30-/m0/s1. The average molecular weight is 500 g/mol. The number of hydrogen-bond acceptors (Lipinski definition) is 4. The lowest BCUT2D eigenvalue weighted by Crippen LogP contribution is -2.41. The van der Waals surface area contributed by atoms with Crippen molar-refractivity contribution in [3.63, 3.8) is 0 Å². The molecule has 1 aliphatic heterocycles. The van der Waals surface area contributed by atoms with E-state index in [1.807, 2.05) is 42.5 Å². The van der Waals surface area contributed by atoms with Crippen molar-refractivity contribution in [1.29, 1.82) is 0 Å². The predicted octanol–water partition coefficient (Wildman–Crippen LogP) is 5.73. The van der Waals surface area contributed by atoms with Crippen LogP contribution < -0.4 is 9.64 Å². The smallest absolute Gasteiger partial charge is 0.238 e. The summed E-state index contributed by atoms with van der Waals surface area (Å²) in [6, 6.07) is 32.4. The fraction of sp³-hybridized carbons (Fsp3) is 0.182. The first-order valence-corrected chi connectivity index (χ1v) is 13.0. The summed E-state index contributed by atoms with van der Waals surface area (Å²) in [5, 5.41) is 0. The molecule has 0 radical (unpaired) electrons. The molecule has 5 nitrogen and oxygen atoms in total. The number of benzene rings is 4. The molecule has 1 fully saturated rings. The highest BCUT2D eigenvalue weighted by Gasteiger charge is 2.61. The number of ether oxygens (including phenoxy) is 1. The maximum atomic E-state index is 13.9. The number of anilines is 1. The number of imide groups is 1. The SMILES string of the molecule is C[C@H](Oc1ccc(N2C(=O)[C@H]3C4c5ccccc5C(c5ccccc54)[C@@H]3C2=O)cc1)C(=O)c1ccccc1. The number of hydrogen-bond donors (Lipinski definition) is 0. The maximum Gasteiger partial charge on any atom is 0.238 e. The molecule has 0 saturated carbocycles. The lowest BCUT2D eigenvalue weighted by molar-refractivity contribution is -0.122. The summed E-state index contributed by atoms with van der Waals surface area (Å²) in [5.41, 5.74) is 5.73. The third kappa shape index (κ3) is 3.21. The van der Waals surface area contributed by atoms with Gasteiger partial charge in [0.1, 0.15) is 5.75 Å². The summed E-state index contributed by atoms with van der Waals surface area (Å²) in [7, 11) is 0. The number of rotatable bonds is 5. The first-order valence-electron chi connectivity index (χ1n) is 13.0. The fourth-order valence-corrected chi connectivity index (χ4v) is 6.70. The molecule has 3 aliphatic carbocycles. The molecule has 1 heterocycles. The lowest BCUT2D eigenvalue weighted by Gasteiger charge is -2.45. The molecule has 0 unspecified atom stereocenters. The van der Waals surface area contributed by atoms with E-state index in [-0.39, 0.29) is 29.4 Å². The van der Waals surface area contributed by atoms with Gasteiger partial charge in [-0.15, -0.1) is 0 Å². The Hall–Kier alpha value is -4.51. The van der Waals surface area contributed by atoms with Crippen LogP contribution in [0.2, 0.25) is 0 Å². The Labute approximate surface area is 220 Å². The Morgan fingerprint density at radius 3 is 1.58 bits per heavy atom. The zero-order valence-electron chi connectivity index (χ0n) is 20.8. The van der Waals surface area contributed by atoms with Gasteiger partial charge in [-0.3, -0.25) is 14.4 Å². The Balaban J connectivity index is 1.18. The third-order valence-corrected chi connectivity index (χ3v) is 8.28. The zero-order valence-corrected chi connectivity index (χ0v) is 20.8. The number of carbonyl (C=O) groups excluding carboxylic acids is 3. The van der Waals surface area contributed by atoms with E-state index in [4.69, 9.17) is 4.74 Å². The molecular formula is C33H25NO4. The predicted molar refractivity (Wildman–Crippen MR) is 143 cm³/mol. The molecule has 8 rings (SSSR count). The van der Waals surface area contributed by atoms with Crippen LogP contribution in [-0.4, -0.2) is 23.7 Å². The Morgan fingerprint density at radius 1 is 0.658 bits per heavy atom. The minimum atomic E-state index is -0.672. The molecule has 186 valence electrons. The van der Waals surface area contributed by atoms with Crippen LogP contribution in [0.1, 0.15) is 51.4 Å². The van der Waals surface area contributed by atoms with E-state index in [1.165, 1.54) is 4.90 Å². The van der Waals surface area contributed by atoms with Crippen LogP contribution in [0.3, 0.4) is 0 Å². The van der Waals surface area contributed by atoms with Crippen LogP contribution >= 0.6 is 0 Å². The molecule has 3 atom stereocenters. The highest BCUT2D eigenvalue weighted by atomic mass is 16.5. The molecule has 2 amide bonds. The van der Waals surface area contributed by atoms with Gasteiger partial charge < -0.3 is 4.74 Å². The largest absolute Gasteiger partial charge is 0.483 e. The minimum Gasteiger partial charge on any atom is -0.483 e. The lowest BCUT2D eigenvalue weighted by atomic mass is 9.55. The van der Waals surface area contributed by atoms with Gasteiger partial charge in [0.15, 0.2) is 6.10 Å². The first kappa shape index (κ1) is 22.7. The average Bonchev–Trinajstić information content (AvgIpc) is 3.23. The quantitative estimate of drug-likeness (QED) is 0.260. The summed E-state index contributed by atoms with van der Waals surface area (Å²) >= 11 is 0. The molecule has 38 heavy (non-hydrogen) atoms. The van der Waals surface area contributed by atoms with Crippen LogP contribution in [0.5, 0.6) is 5.75 Å². The van der Waals surface area contributed by atoms with E-state index in [9.17, 15) is 14.4 Å². The summed E-state index contributed by atoms with van der Waals surface area (Å²) in [6.45, 7) is 1.71.